The van der Waals surface area contributed by atoms with Gasteiger partial charge in [-0.15, -0.1) is 11.8 Å². The van der Waals surface area contributed by atoms with E-state index in [4.69, 9.17) is 18.4 Å². The monoisotopic (exact) mass is 310 g/mol. The number of thioether (sulfide) groups is 1. The van der Waals surface area contributed by atoms with Crippen LogP contribution >= 0.6 is 11.8 Å². The molecule has 0 aliphatic rings. The zero-order valence-electron chi connectivity index (χ0n) is 12.3. The summed E-state index contributed by atoms with van der Waals surface area (Å²) < 4.78 is 17.2. The average Bonchev–Trinajstić information content (AvgIpc) is 2.35. The first kappa shape index (κ1) is 18.9. The SMILES string of the molecule is CCO[Si](CCCSC(C)C(=O)O)(OCC)OCC. The number of carboxylic acid groups (broad SMARTS) is 1. The fourth-order valence-electron chi connectivity index (χ4n) is 1.62. The zero-order valence-corrected chi connectivity index (χ0v) is 14.1. The van der Waals surface area contributed by atoms with Crippen molar-refractivity contribution in [1.82, 2.24) is 0 Å². The van der Waals surface area contributed by atoms with Crippen LogP contribution in [0.3, 0.4) is 0 Å². The Balaban J connectivity index is 4.20. The molecule has 0 amide bonds. The largest absolute Gasteiger partial charge is 0.500 e. The molecule has 1 unspecified atom stereocenters. The highest BCUT2D eigenvalue weighted by Crippen LogP contribution is 2.21. The summed E-state index contributed by atoms with van der Waals surface area (Å²) in [6, 6.07) is 0.738. The van der Waals surface area contributed by atoms with Crippen LogP contribution < -0.4 is 0 Å². The third-order valence-electron chi connectivity index (χ3n) is 2.44. The zero-order chi connectivity index (χ0) is 14.7. The van der Waals surface area contributed by atoms with Gasteiger partial charge in [0, 0.05) is 25.9 Å². The molecule has 0 rings (SSSR count). The molecule has 0 fully saturated rings. The van der Waals surface area contributed by atoms with Gasteiger partial charge in [-0.25, -0.2) is 0 Å². The van der Waals surface area contributed by atoms with Gasteiger partial charge in [0.15, 0.2) is 0 Å². The van der Waals surface area contributed by atoms with Crippen molar-refractivity contribution in [2.75, 3.05) is 25.6 Å². The van der Waals surface area contributed by atoms with Crippen LogP contribution in [0.15, 0.2) is 0 Å². The van der Waals surface area contributed by atoms with Crippen LogP contribution in [0.5, 0.6) is 0 Å². The predicted octanol–water partition coefficient (Wildman–Crippen LogP) is 2.63. The van der Waals surface area contributed by atoms with Gasteiger partial charge in [0.2, 0.25) is 0 Å². The van der Waals surface area contributed by atoms with Gasteiger partial charge in [0.1, 0.15) is 0 Å². The number of carbonyl (C=O) groups is 1. The van der Waals surface area contributed by atoms with Crippen molar-refractivity contribution in [1.29, 1.82) is 0 Å². The number of aliphatic carboxylic acids is 1. The van der Waals surface area contributed by atoms with Crippen molar-refractivity contribution in [3.63, 3.8) is 0 Å². The first-order chi connectivity index (χ1) is 9.01. The molecule has 0 spiro atoms. The van der Waals surface area contributed by atoms with Crippen LogP contribution in [0.4, 0.5) is 0 Å². The van der Waals surface area contributed by atoms with Crippen molar-refractivity contribution < 1.29 is 23.2 Å². The Labute approximate surface area is 121 Å². The van der Waals surface area contributed by atoms with Crippen molar-refractivity contribution in [3.05, 3.63) is 0 Å². The van der Waals surface area contributed by atoms with Gasteiger partial charge < -0.3 is 18.4 Å². The molecule has 0 aromatic rings. The lowest BCUT2D eigenvalue weighted by molar-refractivity contribution is -0.136. The molecule has 0 aliphatic carbocycles. The Morgan fingerprint density at radius 3 is 2.00 bits per heavy atom. The third-order valence-corrected chi connectivity index (χ3v) is 6.81. The minimum Gasteiger partial charge on any atom is -0.480 e. The molecule has 0 radical (unpaired) electrons. The highest BCUT2D eigenvalue weighted by Gasteiger charge is 2.39. The Morgan fingerprint density at radius 2 is 1.63 bits per heavy atom. The second-order valence-electron chi connectivity index (χ2n) is 3.94. The Bertz CT molecular complexity index is 235. The van der Waals surface area contributed by atoms with E-state index in [2.05, 4.69) is 0 Å². The van der Waals surface area contributed by atoms with E-state index < -0.39 is 14.8 Å². The lowest BCUT2D eigenvalue weighted by Crippen LogP contribution is -2.46. The van der Waals surface area contributed by atoms with Crippen LogP contribution in [0.2, 0.25) is 6.04 Å². The van der Waals surface area contributed by atoms with E-state index in [1.54, 1.807) is 6.92 Å². The van der Waals surface area contributed by atoms with Crippen LogP contribution in [0, 0.1) is 0 Å². The van der Waals surface area contributed by atoms with E-state index in [1.165, 1.54) is 11.8 Å². The Morgan fingerprint density at radius 1 is 1.16 bits per heavy atom. The van der Waals surface area contributed by atoms with E-state index in [9.17, 15) is 4.79 Å². The van der Waals surface area contributed by atoms with Crippen LogP contribution in [-0.2, 0) is 18.1 Å². The number of rotatable bonds is 12. The summed E-state index contributed by atoms with van der Waals surface area (Å²) in [7, 11) is -2.56. The lowest BCUT2D eigenvalue weighted by atomic mass is 10.5. The molecule has 1 atom stereocenters. The molecular formula is C12H26O5SSi. The van der Waals surface area contributed by atoms with Gasteiger partial charge in [-0.2, -0.15) is 0 Å². The molecule has 0 heterocycles. The summed E-state index contributed by atoms with van der Waals surface area (Å²) in [5.41, 5.74) is 0. The van der Waals surface area contributed by atoms with E-state index in [1.807, 2.05) is 20.8 Å². The van der Waals surface area contributed by atoms with Crippen molar-refractivity contribution in [2.45, 2.75) is 45.4 Å². The first-order valence-corrected chi connectivity index (χ1v) is 9.75. The second-order valence-corrected chi connectivity index (χ2v) is 8.12. The normalized spacial score (nSPS) is 13.5. The highest BCUT2D eigenvalue weighted by molar-refractivity contribution is 8.00. The number of hydrogen-bond acceptors (Lipinski definition) is 5. The topological polar surface area (TPSA) is 65.0 Å². The summed E-state index contributed by atoms with van der Waals surface area (Å²) in [5, 5.41) is 8.43. The first-order valence-electron chi connectivity index (χ1n) is 6.77. The standard InChI is InChI=1S/C12H26O5SSi/c1-5-15-19(16-6-2,17-7-3)10-8-9-18-11(4)12(13)14/h11H,5-10H2,1-4H3,(H,13,14). The van der Waals surface area contributed by atoms with Crippen molar-refractivity contribution >= 4 is 26.5 Å². The highest BCUT2D eigenvalue weighted by atomic mass is 32.2. The maximum atomic E-state index is 10.7. The Kier molecular flexibility index (Phi) is 10.6. The lowest BCUT2D eigenvalue weighted by Gasteiger charge is -2.28. The van der Waals surface area contributed by atoms with E-state index in [0.29, 0.717) is 19.8 Å². The van der Waals surface area contributed by atoms with Gasteiger partial charge in [0.25, 0.3) is 0 Å². The van der Waals surface area contributed by atoms with E-state index in [-0.39, 0.29) is 5.25 Å². The van der Waals surface area contributed by atoms with Crippen LogP contribution in [-0.4, -0.2) is 50.7 Å². The number of carboxylic acids is 1. The molecular weight excluding hydrogens is 284 g/mol. The summed E-state index contributed by atoms with van der Waals surface area (Å²) in [6.07, 6.45) is 0.842. The molecule has 0 saturated carbocycles. The predicted molar refractivity (Wildman–Crippen MR) is 79.6 cm³/mol. The molecule has 114 valence electrons. The smallest absolute Gasteiger partial charge is 0.480 e. The van der Waals surface area contributed by atoms with Crippen LogP contribution in [0.25, 0.3) is 0 Å². The van der Waals surface area contributed by atoms with E-state index in [0.717, 1.165) is 18.2 Å². The van der Waals surface area contributed by atoms with Gasteiger partial charge in [-0.1, -0.05) is 0 Å². The fourth-order valence-corrected chi connectivity index (χ4v) is 5.30. The summed E-state index contributed by atoms with van der Waals surface area (Å²) in [4.78, 5) is 10.7. The quantitative estimate of drug-likeness (QED) is 0.441. The molecule has 0 saturated heterocycles. The molecule has 0 bridgehead atoms. The number of hydrogen-bond donors (Lipinski definition) is 1. The van der Waals surface area contributed by atoms with Crippen LogP contribution in [0.1, 0.15) is 34.1 Å². The van der Waals surface area contributed by atoms with Crippen molar-refractivity contribution in [2.24, 2.45) is 0 Å². The fraction of sp³-hybridized carbons (Fsp3) is 0.917. The molecule has 0 aromatic carbocycles. The third kappa shape index (κ3) is 7.94. The van der Waals surface area contributed by atoms with Gasteiger partial charge in [-0.05, 0) is 39.9 Å². The van der Waals surface area contributed by atoms with Gasteiger partial charge in [-0.3, -0.25) is 4.79 Å². The molecule has 0 aromatic heterocycles. The maximum absolute atomic E-state index is 10.7. The molecule has 19 heavy (non-hydrogen) atoms. The minimum atomic E-state index is -2.56. The summed E-state index contributed by atoms with van der Waals surface area (Å²) in [5.74, 6) is 0.00282. The van der Waals surface area contributed by atoms with Gasteiger partial charge >= 0.3 is 14.8 Å². The molecule has 1 N–H and O–H groups in total. The molecule has 0 aliphatic heterocycles. The van der Waals surface area contributed by atoms with E-state index >= 15 is 0 Å². The Hall–Kier alpha value is -0.0831. The summed E-state index contributed by atoms with van der Waals surface area (Å²) >= 11 is 1.44. The maximum Gasteiger partial charge on any atom is 0.500 e. The molecule has 7 heteroatoms. The average molecular weight is 310 g/mol. The minimum absolute atomic E-state index is 0.373. The van der Waals surface area contributed by atoms with Gasteiger partial charge in [0.05, 0.1) is 5.25 Å². The van der Waals surface area contributed by atoms with Crippen molar-refractivity contribution in [3.8, 4) is 0 Å². The second kappa shape index (κ2) is 10.7. The molecule has 5 nitrogen and oxygen atoms in total. The summed E-state index contributed by atoms with van der Waals surface area (Å²) in [6.45, 7) is 9.22.